The molecule has 0 radical (unpaired) electrons. The molecule has 0 aromatic carbocycles. The minimum absolute atomic E-state index is 0.120. The van der Waals surface area contributed by atoms with Crippen molar-refractivity contribution < 1.29 is 4.79 Å². The second-order valence-corrected chi connectivity index (χ2v) is 2.30. The summed E-state index contributed by atoms with van der Waals surface area (Å²) in [5, 5.41) is 2.58. The molecule has 1 aliphatic rings. The van der Waals surface area contributed by atoms with Gasteiger partial charge in [-0.2, -0.15) is 0 Å². The molecule has 0 spiro atoms. The minimum Gasteiger partial charge on any atom is -0.358 e. The fourth-order valence-corrected chi connectivity index (χ4v) is 0.822. The van der Waals surface area contributed by atoms with Gasteiger partial charge in [0.05, 0.1) is 6.54 Å². The maximum absolute atomic E-state index is 10.7. The van der Waals surface area contributed by atoms with Crippen molar-refractivity contribution in [1.82, 2.24) is 10.2 Å². The third-order valence-electron chi connectivity index (χ3n) is 1.59. The van der Waals surface area contributed by atoms with Crippen molar-refractivity contribution >= 4 is 5.91 Å². The zero-order valence-corrected chi connectivity index (χ0v) is 5.68. The molecule has 1 amide bonds. The molecule has 1 fully saturated rings. The Hall–Kier alpha value is -0.570. The van der Waals surface area contributed by atoms with Crippen LogP contribution in [-0.2, 0) is 4.79 Å². The standard InChI is InChI=1S/C6H12N2O/c1-7-6(9)5-8-3-2-4-8/h2-5H2,1H3,(H,7,9). The van der Waals surface area contributed by atoms with Gasteiger partial charge in [0.25, 0.3) is 0 Å². The van der Waals surface area contributed by atoms with E-state index in [1.807, 2.05) is 0 Å². The van der Waals surface area contributed by atoms with E-state index in [0.717, 1.165) is 13.1 Å². The Kier molecular flexibility index (Phi) is 2.05. The maximum atomic E-state index is 10.7. The summed E-state index contributed by atoms with van der Waals surface area (Å²) in [6.45, 7) is 2.76. The van der Waals surface area contributed by atoms with E-state index in [9.17, 15) is 4.79 Å². The fourth-order valence-electron chi connectivity index (χ4n) is 0.822. The van der Waals surface area contributed by atoms with Crippen molar-refractivity contribution in [2.24, 2.45) is 0 Å². The number of carbonyl (C=O) groups excluding carboxylic acids is 1. The molecule has 0 aliphatic carbocycles. The normalized spacial score (nSPS) is 18.8. The van der Waals surface area contributed by atoms with E-state index >= 15 is 0 Å². The number of likely N-dealkylation sites (N-methyl/N-ethyl adjacent to an activating group) is 1. The van der Waals surface area contributed by atoms with Crippen molar-refractivity contribution in [1.29, 1.82) is 0 Å². The van der Waals surface area contributed by atoms with Gasteiger partial charge in [-0.05, 0) is 19.5 Å². The Morgan fingerprint density at radius 1 is 1.67 bits per heavy atom. The van der Waals surface area contributed by atoms with Crippen LogP contribution in [0.3, 0.4) is 0 Å². The molecular weight excluding hydrogens is 116 g/mol. The predicted molar refractivity (Wildman–Crippen MR) is 35.1 cm³/mol. The van der Waals surface area contributed by atoms with Gasteiger partial charge in [-0.1, -0.05) is 0 Å². The van der Waals surface area contributed by atoms with Crippen LogP contribution in [0.2, 0.25) is 0 Å². The lowest BCUT2D eigenvalue weighted by atomic mass is 10.2. The van der Waals surface area contributed by atoms with Gasteiger partial charge in [-0.15, -0.1) is 0 Å². The lowest BCUT2D eigenvalue weighted by Gasteiger charge is -2.29. The average molecular weight is 128 g/mol. The van der Waals surface area contributed by atoms with Crippen LogP contribution in [0.25, 0.3) is 0 Å². The molecule has 0 saturated carbocycles. The number of rotatable bonds is 2. The van der Waals surface area contributed by atoms with E-state index < -0.39 is 0 Å². The SMILES string of the molecule is CNC(=O)CN1CCC1. The largest absolute Gasteiger partial charge is 0.358 e. The molecule has 52 valence electrons. The lowest BCUT2D eigenvalue weighted by molar-refractivity contribution is -0.122. The number of nitrogens with one attached hydrogen (secondary N) is 1. The molecule has 1 heterocycles. The van der Waals surface area contributed by atoms with Crippen LogP contribution in [0.15, 0.2) is 0 Å². The van der Waals surface area contributed by atoms with Crippen LogP contribution < -0.4 is 5.32 Å². The third kappa shape index (κ3) is 1.68. The highest BCUT2D eigenvalue weighted by Gasteiger charge is 2.15. The van der Waals surface area contributed by atoms with Gasteiger partial charge in [0.2, 0.25) is 5.91 Å². The summed E-state index contributed by atoms with van der Waals surface area (Å²) >= 11 is 0. The Labute approximate surface area is 55.0 Å². The van der Waals surface area contributed by atoms with Crippen molar-refractivity contribution in [3.63, 3.8) is 0 Å². The first-order valence-corrected chi connectivity index (χ1v) is 3.26. The Balaban J connectivity index is 2.09. The average Bonchev–Trinajstić information content (AvgIpc) is 1.78. The number of hydrogen-bond acceptors (Lipinski definition) is 2. The van der Waals surface area contributed by atoms with E-state index in [2.05, 4.69) is 10.2 Å². The predicted octanol–water partition coefficient (Wildman–Crippen LogP) is -0.562. The van der Waals surface area contributed by atoms with Crippen LogP contribution in [0.4, 0.5) is 0 Å². The monoisotopic (exact) mass is 128 g/mol. The second-order valence-electron chi connectivity index (χ2n) is 2.30. The van der Waals surface area contributed by atoms with Gasteiger partial charge in [-0.3, -0.25) is 9.69 Å². The van der Waals surface area contributed by atoms with E-state index in [4.69, 9.17) is 0 Å². The third-order valence-corrected chi connectivity index (χ3v) is 1.59. The van der Waals surface area contributed by atoms with Gasteiger partial charge in [0.15, 0.2) is 0 Å². The van der Waals surface area contributed by atoms with Crippen LogP contribution in [0, 0.1) is 0 Å². The number of likely N-dealkylation sites (tertiary alicyclic amines) is 1. The quantitative estimate of drug-likeness (QED) is 0.540. The maximum Gasteiger partial charge on any atom is 0.233 e. The van der Waals surface area contributed by atoms with Crippen molar-refractivity contribution in [2.75, 3.05) is 26.7 Å². The molecule has 1 N–H and O–H groups in total. The summed E-state index contributed by atoms with van der Waals surface area (Å²) in [7, 11) is 1.67. The summed E-state index contributed by atoms with van der Waals surface area (Å²) in [6, 6.07) is 0. The molecule has 1 aliphatic heterocycles. The van der Waals surface area contributed by atoms with Crippen molar-refractivity contribution in [3.05, 3.63) is 0 Å². The molecule has 0 unspecified atom stereocenters. The summed E-state index contributed by atoms with van der Waals surface area (Å²) < 4.78 is 0. The van der Waals surface area contributed by atoms with Crippen LogP contribution in [0.5, 0.6) is 0 Å². The highest BCUT2D eigenvalue weighted by Crippen LogP contribution is 2.03. The van der Waals surface area contributed by atoms with Gasteiger partial charge < -0.3 is 5.32 Å². The van der Waals surface area contributed by atoms with Crippen LogP contribution in [-0.4, -0.2) is 37.5 Å². The fraction of sp³-hybridized carbons (Fsp3) is 0.833. The summed E-state index contributed by atoms with van der Waals surface area (Å²) in [6.07, 6.45) is 1.25. The molecule has 0 aromatic rings. The molecule has 9 heavy (non-hydrogen) atoms. The number of nitrogens with zero attached hydrogens (tertiary/aromatic N) is 1. The lowest BCUT2D eigenvalue weighted by Crippen LogP contribution is -2.43. The van der Waals surface area contributed by atoms with E-state index in [1.165, 1.54) is 6.42 Å². The molecule has 3 heteroatoms. The Morgan fingerprint density at radius 2 is 2.33 bits per heavy atom. The number of amides is 1. The van der Waals surface area contributed by atoms with E-state index in [-0.39, 0.29) is 5.91 Å². The Bertz CT molecular complexity index is 110. The first kappa shape index (κ1) is 6.55. The highest BCUT2D eigenvalue weighted by atomic mass is 16.1. The van der Waals surface area contributed by atoms with Gasteiger partial charge in [-0.25, -0.2) is 0 Å². The van der Waals surface area contributed by atoms with Gasteiger partial charge in [0.1, 0.15) is 0 Å². The smallest absolute Gasteiger partial charge is 0.233 e. The number of hydrogen-bond donors (Lipinski definition) is 1. The summed E-state index contributed by atoms with van der Waals surface area (Å²) in [5.41, 5.74) is 0. The van der Waals surface area contributed by atoms with E-state index in [1.54, 1.807) is 7.05 Å². The highest BCUT2D eigenvalue weighted by molar-refractivity contribution is 5.77. The topological polar surface area (TPSA) is 32.3 Å². The molecule has 0 aromatic heterocycles. The minimum atomic E-state index is 0.120. The van der Waals surface area contributed by atoms with E-state index in [0.29, 0.717) is 6.54 Å². The zero-order chi connectivity index (χ0) is 6.69. The molecule has 1 rings (SSSR count). The number of carbonyl (C=O) groups is 1. The molecule has 3 nitrogen and oxygen atoms in total. The zero-order valence-electron chi connectivity index (χ0n) is 5.68. The second kappa shape index (κ2) is 2.82. The van der Waals surface area contributed by atoms with Gasteiger partial charge in [0, 0.05) is 7.05 Å². The first-order valence-electron chi connectivity index (χ1n) is 3.26. The van der Waals surface area contributed by atoms with Crippen molar-refractivity contribution in [2.45, 2.75) is 6.42 Å². The Morgan fingerprint density at radius 3 is 2.67 bits per heavy atom. The summed E-state index contributed by atoms with van der Waals surface area (Å²) in [5.74, 6) is 0.120. The molecule has 1 saturated heterocycles. The van der Waals surface area contributed by atoms with Gasteiger partial charge >= 0.3 is 0 Å². The van der Waals surface area contributed by atoms with Crippen LogP contribution in [0.1, 0.15) is 6.42 Å². The first-order chi connectivity index (χ1) is 4.33. The molecule has 0 bridgehead atoms. The summed E-state index contributed by atoms with van der Waals surface area (Å²) in [4.78, 5) is 12.8. The van der Waals surface area contributed by atoms with Crippen LogP contribution >= 0.6 is 0 Å². The molecular formula is C6H12N2O. The molecule has 0 atom stereocenters. The van der Waals surface area contributed by atoms with Crippen molar-refractivity contribution in [3.8, 4) is 0 Å².